The Morgan fingerprint density at radius 1 is 1.19 bits per heavy atom. The number of halogens is 2. The van der Waals surface area contributed by atoms with Crippen molar-refractivity contribution in [2.24, 2.45) is 0 Å². The second-order valence-corrected chi connectivity index (χ2v) is 7.25. The summed E-state index contributed by atoms with van der Waals surface area (Å²) in [6.45, 7) is 2.47. The summed E-state index contributed by atoms with van der Waals surface area (Å²) in [5.41, 5.74) is 1.16. The van der Waals surface area contributed by atoms with E-state index in [-0.39, 0.29) is 5.91 Å². The summed E-state index contributed by atoms with van der Waals surface area (Å²) in [5, 5.41) is 3.46. The molecule has 160 valence electrons. The molecule has 0 radical (unpaired) electrons. The van der Waals surface area contributed by atoms with Gasteiger partial charge in [-0.15, -0.1) is 0 Å². The number of benzene rings is 1. The molecular weight excluding hydrogens is 423 g/mol. The summed E-state index contributed by atoms with van der Waals surface area (Å²) < 4.78 is 24.4. The van der Waals surface area contributed by atoms with Gasteiger partial charge in [0.25, 0.3) is 5.91 Å². The van der Waals surface area contributed by atoms with Crippen LogP contribution < -0.4 is 10.1 Å². The fraction of sp³-hybridized carbons (Fsp3) is 0.227. The number of nitrogens with zero attached hydrogens (tertiary/aromatic N) is 3. The van der Waals surface area contributed by atoms with Crippen LogP contribution in [0, 0.1) is 5.82 Å². The standard InChI is InChI=1S/C22H20ClFN4O3/c23-19-11-16(22(29)28-7-9-30-10-8-28)14-27-20(19)26-13-15-3-2-6-25-21(15)31-18-5-1-4-17(24)12-18/h1-6,11-12,14H,7-10,13H2,(H,26,27). The average molecular weight is 443 g/mol. The third kappa shape index (κ3) is 5.28. The van der Waals surface area contributed by atoms with Gasteiger partial charge in [0.2, 0.25) is 5.88 Å². The molecule has 0 saturated carbocycles. The number of nitrogens with one attached hydrogen (secondary N) is 1. The quantitative estimate of drug-likeness (QED) is 0.618. The maximum Gasteiger partial charge on any atom is 0.255 e. The van der Waals surface area contributed by atoms with E-state index in [0.29, 0.717) is 60.9 Å². The van der Waals surface area contributed by atoms with E-state index < -0.39 is 5.82 Å². The average Bonchev–Trinajstić information content (AvgIpc) is 2.79. The van der Waals surface area contributed by atoms with Crippen molar-refractivity contribution in [2.75, 3.05) is 31.6 Å². The molecule has 0 atom stereocenters. The van der Waals surface area contributed by atoms with Gasteiger partial charge in [-0.05, 0) is 24.3 Å². The van der Waals surface area contributed by atoms with E-state index >= 15 is 0 Å². The van der Waals surface area contributed by atoms with E-state index in [1.807, 2.05) is 6.07 Å². The monoisotopic (exact) mass is 442 g/mol. The van der Waals surface area contributed by atoms with Crippen LogP contribution in [0.5, 0.6) is 11.6 Å². The lowest BCUT2D eigenvalue weighted by Gasteiger charge is -2.26. The number of hydrogen-bond donors (Lipinski definition) is 1. The fourth-order valence-corrected chi connectivity index (χ4v) is 3.34. The molecule has 0 unspecified atom stereocenters. The number of aromatic nitrogens is 2. The Balaban J connectivity index is 1.44. The number of carbonyl (C=O) groups excluding carboxylic acids is 1. The van der Waals surface area contributed by atoms with Gasteiger partial charge in [0.05, 0.1) is 23.8 Å². The van der Waals surface area contributed by atoms with Crippen LogP contribution in [0.4, 0.5) is 10.2 Å². The maximum atomic E-state index is 13.4. The zero-order chi connectivity index (χ0) is 21.6. The highest BCUT2D eigenvalue weighted by Gasteiger charge is 2.20. The molecule has 9 heteroatoms. The van der Waals surface area contributed by atoms with Gasteiger partial charge in [0.1, 0.15) is 17.4 Å². The van der Waals surface area contributed by atoms with Gasteiger partial charge in [-0.25, -0.2) is 14.4 Å². The van der Waals surface area contributed by atoms with Gasteiger partial charge in [-0.2, -0.15) is 0 Å². The van der Waals surface area contributed by atoms with Crippen LogP contribution in [-0.4, -0.2) is 47.1 Å². The van der Waals surface area contributed by atoms with Crippen molar-refractivity contribution < 1.29 is 18.7 Å². The minimum atomic E-state index is -0.393. The molecule has 1 aromatic carbocycles. The fourth-order valence-electron chi connectivity index (χ4n) is 3.11. The molecule has 2 aromatic heterocycles. The van der Waals surface area contributed by atoms with Crippen molar-refractivity contribution >= 4 is 23.3 Å². The number of ether oxygens (including phenoxy) is 2. The van der Waals surface area contributed by atoms with Crippen molar-refractivity contribution in [1.82, 2.24) is 14.9 Å². The Kier molecular flexibility index (Phi) is 6.59. The van der Waals surface area contributed by atoms with Gasteiger partial charge in [0.15, 0.2) is 0 Å². The molecule has 4 rings (SSSR count). The lowest BCUT2D eigenvalue weighted by atomic mass is 10.2. The van der Waals surface area contributed by atoms with Gasteiger partial charge < -0.3 is 19.7 Å². The Hall–Kier alpha value is -3.23. The summed E-state index contributed by atoms with van der Waals surface area (Å²) >= 11 is 6.36. The first-order valence-corrected chi connectivity index (χ1v) is 10.1. The largest absolute Gasteiger partial charge is 0.439 e. The molecule has 0 spiro atoms. The molecule has 1 fully saturated rings. The second-order valence-electron chi connectivity index (χ2n) is 6.84. The molecule has 0 bridgehead atoms. The topological polar surface area (TPSA) is 76.6 Å². The number of amides is 1. The molecule has 7 nitrogen and oxygen atoms in total. The van der Waals surface area contributed by atoms with Gasteiger partial charge in [-0.1, -0.05) is 23.7 Å². The molecule has 31 heavy (non-hydrogen) atoms. The number of carbonyl (C=O) groups is 1. The number of morpholine rings is 1. The molecule has 1 amide bonds. The molecule has 1 saturated heterocycles. The molecule has 1 aliphatic rings. The highest BCUT2D eigenvalue weighted by atomic mass is 35.5. The van der Waals surface area contributed by atoms with E-state index in [1.165, 1.54) is 18.3 Å². The Bertz CT molecular complexity index is 1080. The number of rotatable bonds is 6. The predicted octanol–water partition coefficient (Wildman–Crippen LogP) is 4.15. The third-order valence-corrected chi connectivity index (χ3v) is 4.98. The highest BCUT2D eigenvalue weighted by Crippen LogP contribution is 2.26. The zero-order valence-electron chi connectivity index (χ0n) is 16.6. The first-order valence-electron chi connectivity index (χ1n) is 9.74. The van der Waals surface area contributed by atoms with Crippen molar-refractivity contribution in [3.63, 3.8) is 0 Å². The summed E-state index contributed by atoms with van der Waals surface area (Å²) in [7, 11) is 0. The van der Waals surface area contributed by atoms with Crippen molar-refractivity contribution in [3.8, 4) is 11.6 Å². The molecular formula is C22H20ClFN4O3. The van der Waals surface area contributed by atoms with Gasteiger partial charge in [0, 0.05) is 43.7 Å². The van der Waals surface area contributed by atoms with Crippen LogP contribution in [0.25, 0.3) is 0 Å². The van der Waals surface area contributed by atoms with E-state index in [4.69, 9.17) is 21.1 Å². The van der Waals surface area contributed by atoms with Crippen LogP contribution in [0.1, 0.15) is 15.9 Å². The molecule has 1 aliphatic heterocycles. The number of pyridine rings is 2. The molecule has 0 aliphatic carbocycles. The number of anilines is 1. The summed E-state index contributed by atoms with van der Waals surface area (Å²) in [5.74, 6) is 0.608. The highest BCUT2D eigenvalue weighted by molar-refractivity contribution is 6.33. The first kappa shape index (κ1) is 21.0. The number of hydrogen-bond acceptors (Lipinski definition) is 6. The Labute approximate surface area is 183 Å². The molecule has 3 aromatic rings. The van der Waals surface area contributed by atoms with Crippen LogP contribution in [-0.2, 0) is 11.3 Å². The van der Waals surface area contributed by atoms with Crippen molar-refractivity contribution in [3.05, 3.63) is 76.8 Å². The minimum absolute atomic E-state index is 0.123. The van der Waals surface area contributed by atoms with Crippen molar-refractivity contribution in [1.29, 1.82) is 0 Å². The SMILES string of the molecule is O=C(c1cnc(NCc2cccnc2Oc2cccc(F)c2)c(Cl)c1)N1CCOCC1. The predicted molar refractivity (Wildman–Crippen MR) is 114 cm³/mol. The van der Waals surface area contributed by atoms with Crippen LogP contribution in [0.3, 0.4) is 0 Å². The lowest BCUT2D eigenvalue weighted by Crippen LogP contribution is -2.40. The zero-order valence-corrected chi connectivity index (χ0v) is 17.3. The smallest absolute Gasteiger partial charge is 0.255 e. The molecule has 1 N–H and O–H groups in total. The van der Waals surface area contributed by atoms with Gasteiger partial charge in [-0.3, -0.25) is 4.79 Å². The lowest BCUT2D eigenvalue weighted by molar-refractivity contribution is 0.0302. The van der Waals surface area contributed by atoms with E-state index in [0.717, 1.165) is 5.56 Å². The Morgan fingerprint density at radius 3 is 2.81 bits per heavy atom. The van der Waals surface area contributed by atoms with Crippen LogP contribution in [0.15, 0.2) is 54.9 Å². The normalized spacial score (nSPS) is 13.7. The second kappa shape index (κ2) is 9.72. The summed E-state index contributed by atoms with van der Waals surface area (Å²) in [6.07, 6.45) is 3.09. The van der Waals surface area contributed by atoms with E-state index in [9.17, 15) is 9.18 Å². The molecule has 3 heterocycles. The first-order chi connectivity index (χ1) is 15.1. The van der Waals surface area contributed by atoms with E-state index in [1.54, 1.807) is 35.4 Å². The summed E-state index contributed by atoms with van der Waals surface area (Å²) in [4.78, 5) is 22.8. The van der Waals surface area contributed by atoms with E-state index in [2.05, 4.69) is 15.3 Å². The van der Waals surface area contributed by atoms with Crippen LogP contribution >= 0.6 is 11.6 Å². The summed E-state index contributed by atoms with van der Waals surface area (Å²) in [6, 6.07) is 11.0. The Morgan fingerprint density at radius 2 is 2.03 bits per heavy atom. The van der Waals surface area contributed by atoms with Crippen LogP contribution in [0.2, 0.25) is 5.02 Å². The van der Waals surface area contributed by atoms with Crippen molar-refractivity contribution in [2.45, 2.75) is 6.54 Å². The van der Waals surface area contributed by atoms with Gasteiger partial charge >= 0.3 is 0 Å². The third-order valence-electron chi connectivity index (χ3n) is 4.69. The minimum Gasteiger partial charge on any atom is -0.439 e. The maximum absolute atomic E-state index is 13.4.